The molecule has 38 heavy (non-hydrogen) atoms. The van der Waals surface area contributed by atoms with Gasteiger partial charge in [-0.2, -0.15) is 5.10 Å². The number of aromatic nitrogens is 4. The summed E-state index contributed by atoms with van der Waals surface area (Å²) >= 11 is 0. The van der Waals surface area contributed by atoms with E-state index in [9.17, 15) is 4.79 Å². The molecule has 10 heteroatoms. The lowest BCUT2D eigenvalue weighted by atomic mass is 10.1. The van der Waals surface area contributed by atoms with E-state index in [1.807, 2.05) is 42.3 Å². The minimum absolute atomic E-state index is 0.0284. The summed E-state index contributed by atoms with van der Waals surface area (Å²) in [4.78, 5) is 24.1. The molecule has 0 spiro atoms. The summed E-state index contributed by atoms with van der Waals surface area (Å²) in [5.41, 5.74) is 6.30. The van der Waals surface area contributed by atoms with Crippen molar-refractivity contribution in [3.05, 3.63) is 72.7 Å². The first kappa shape index (κ1) is 23.5. The zero-order valence-corrected chi connectivity index (χ0v) is 21.3. The number of ether oxygens (including phenoxy) is 2. The van der Waals surface area contributed by atoms with Crippen LogP contribution in [0, 0.1) is 0 Å². The van der Waals surface area contributed by atoms with Crippen LogP contribution in [0.2, 0.25) is 0 Å². The van der Waals surface area contributed by atoms with Crippen molar-refractivity contribution >= 4 is 34.0 Å². The fourth-order valence-electron chi connectivity index (χ4n) is 4.93. The number of anilines is 3. The molecule has 0 saturated carbocycles. The van der Waals surface area contributed by atoms with Crippen molar-refractivity contribution in [1.29, 1.82) is 0 Å². The molecule has 1 aliphatic rings. The van der Waals surface area contributed by atoms with E-state index in [1.54, 1.807) is 37.6 Å². The average Bonchev–Trinajstić information content (AvgIpc) is 3.69. The van der Waals surface area contributed by atoms with E-state index in [0.29, 0.717) is 23.9 Å². The Morgan fingerprint density at radius 3 is 2.74 bits per heavy atom. The first-order valence-corrected chi connectivity index (χ1v) is 12.2. The Kier molecular flexibility index (Phi) is 5.91. The lowest BCUT2D eigenvalue weighted by Crippen LogP contribution is -2.31. The maximum Gasteiger partial charge on any atom is 0.233 e. The van der Waals surface area contributed by atoms with Gasteiger partial charge in [0.05, 0.1) is 50.6 Å². The minimum Gasteiger partial charge on any atom is -0.493 e. The van der Waals surface area contributed by atoms with E-state index >= 15 is 0 Å². The van der Waals surface area contributed by atoms with Gasteiger partial charge in [-0.3, -0.25) is 9.48 Å². The normalized spacial score (nSPS) is 12.6. The Bertz CT molecular complexity index is 1640. The lowest BCUT2D eigenvalue weighted by Gasteiger charge is -2.18. The summed E-state index contributed by atoms with van der Waals surface area (Å²) in [5.74, 6) is 1.89. The molecule has 6 rings (SSSR count). The van der Waals surface area contributed by atoms with Crippen LogP contribution in [0.1, 0.15) is 11.3 Å². The van der Waals surface area contributed by atoms with E-state index in [4.69, 9.17) is 13.9 Å². The smallest absolute Gasteiger partial charge is 0.233 e. The average molecular weight is 511 g/mol. The molecule has 0 aliphatic carbocycles. The molecule has 0 atom stereocenters. The molecule has 4 heterocycles. The molecule has 192 valence electrons. The molecule has 10 nitrogen and oxygen atoms in total. The van der Waals surface area contributed by atoms with Gasteiger partial charge in [0, 0.05) is 47.5 Å². The second-order valence-electron chi connectivity index (χ2n) is 9.03. The number of nitrogens with one attached hydrogen (secondary N) is 1. The largest absolute Gasteiger partial charge is 0.493 e. The number of methoxy groups -OCH3 is 2. The van der Waals surface area contributed by atoms with Crippen LogP contribution < -0.4 is 19.7 Å². The number of fused-ring (bicyclic) bond motifs is 2. The van der Waals surface area contributed by atoms with Gasteiger partial charge in [-0.1, -0.05) is 0 Å². The maximum absolute atomic E-state index is 13.4. The molecule has 0 unspecified atom stereocenters. The summed E-state index contributed by atoms with van der Waals surface area (Å²) in [6.45, 7) is 0.629. The van der Waals surface area contributed by atoms with Gasteiger partial charge in [0.2, 0.25) is 5.91 Å². The van der Waals surface area contributed by atoms with Gasteiger partial charge < -0.3 is 24.1 Å². The van der Waals surface area contributed by atoms with Gasteiger partial charge in [-0.25, -0.2) is 9.97 Å². The number of nitrogens with zero attached hydrogens (tertiary/aromatic N) is 5. The highest BCUT2D eigenvalue weighted by molar-refractivity contribution is 5.98. The highest BCUT2D eigenvalue weighted by Crippen LogP contribution is 2.36. The van der Waals surface area contributed by atoms with E-state index in [2.05, 4.69) is 26.4 Å². The van der Waals surface area contributed by atoms with E-state index in [1.165, 1.54) is 6.33 Å². The quantitative estimate of drug-likeness (QED) is 0.341. The van der Waals surface area contributed by atoms with Crippen molar-refractivity contribution in [2.24, 2.45) is 7.05 Å². The van der Waals surface area contributed by atoms with E-state index in [0.717, 1.165) is 51.1 Å². The van der Waals surface area contributed by atoms with Crippen LogP contribution >= 0.6 is 0 Å². The fourth-order valence-corrected chi connectivity index (χ4v) is 4.93. The zero-order chi connectivity index (χ0) is 26.2. The number of amides is 1. The van der Waals surface area contributed by atoms with Crippen LogP contribution in [0.15, 0.2) is 65.9 Å². The third kappa shape index (κ3) is 4.09. The number of hydrogen-bond acceptors (Lipinski definition) is 8. The van der Waals surface area contributed by atoms with Gasteiger partial charge in [0.1, 0.15) is 12.1 Å². The van der Waals surface area contributed by atoms with Crippen LogP contribution in [-0.4, -0.2) is 46.4 Å². The van der Waals surface area contributed by atoms with Crippen molar-refractivity contribution in [3.63, 3.8) is 0 Å². The predicted octanol–water partition coefficient (Wildman–Crippen LogP) is 4.52. The number of furan rings is 1. The van der Waals surface area contributed by atoms with Crippen molar-refractivity contribution in [2.75, 3.05) is 31.0 Å². The Balaban J connectivity index is 1.24. The molecule has 0 bridgehead atoms. The summed E-state index contributed by atoms with van der Waals surface area (Å²) in [6.07, 6.45) is 7.58. The number of carbonyl (C=O) groups excluding carboxylic acids is 1. The fraction of sp³-hybridized carbons (Fsp3) is 0.214. The maximum atomic E-state index is 13.4. The summed E-state index contributed by atoms with van der Waals surface area (Å²) < 4.78 is 17.8. The third-order valence-electron chi connectivity index (χ3n) is 6.89. The summed E-state index contributed by atoms with van der Waals surface area (Å²) in [7, 11) is 5.04. The van der Waals surface area contributed by atoms with E-state index < -0.39 is 0 Å². The Morgan fingerprint density at radius 1 is 1.11 bits per heavy atom. The SMILES string of the molecule is COc1cc2ncnc(Nc3ccc4c(c3)CCN4C(=O)Cc3c(-c4ccoc4)cnn3C)c2cc1OC. The molecule has 5 aromatic rings. The number of benzene rings is 2. The molecule has 1 amide bonds. The predicted molar refractivity (Wildman–Crippen MR) is 143 cm³/mol. The highest BCUT2D eigenvalue weighted by Gasteiger charge is 2.27. The second-order valence-corrected chi connectivity index (χ2v) is 9.03. The number of carbonyl (C=O) groups is 1. The van der Waals surface area contributed by atoms with Gasteiger partial charge in [0.25, 0.3) is 0 Å². The van der Waals surface area contributed by atoms with Crippen molar-refractivity contribution in [1.82, 2.24) is 19.7 Å². The van der Waals surface area contributed by atoms with Crippen molar-refractivity contribution < 1.29 is 18.7 Å². The van der Waals surface area contributed by atoms with Crippen molar-refractivity contribution in [3.8, 4) is 22.6 Å². The summed E-state index contributed by atoms with van der Waals surface area (Å²) in [6, 6.07) is 11.6. The molecule has 0 fully saturated rings. The number of rotatable bonds is 7. The van der Waals surface area contributed by atoms with Crippen LogP contribution in [0.25, 0.3) is 22.0 Å². The molecular formula is C28H26N6O4. The Morgan fingerprint density at radius 2 is 1.95 bits per heavy atom. The Labute approximate surface area is 218 Å². The number of hydrogen-bond donors (Lipinski definition) is 1. The van der Waals surface area contributed by atoms with Crippen LogP contribution in [0.4, 0.5) is 17.2 Å². The van der Waals surface area contributed by atoms with Gasteiger partial charge in [-0.15, -0.1) is 0 Å². The van der Waals surface area contributed by atoms with Gasteiger partial charge in [-0.05, 0) is 42.3 Å². The zero-order valence-electron chi connectivity index (χ0n) is 21.3. The summed E-state index contributed by atoms with van der Waals surface area (Å²) in [5, 5.41) is 8.58. The van der Waals surface area contributed by atoms with Crippen molar-refractivity contribution in [2.45, 2.75) is 12.8 Å². The lowest BCUT2D eigenvalue weighted by molar-refractivity contribution is -0.118. The van der Waals surface area contributed by atoms with Crippen LogP contribution in [0.3, 0.4) is 0 Å². The molecule has 1 N–H and O–H groups in total. The standard InChI is InChI=1S/C28H26N6O4/c1-33-24(21(14-31-33)18-7-9-38-15-18)13-27(35)34-8-6-17-10-19(4-5-23(17)34)32-28-20-11-25(36-2)26(37-3)12-22(20)29-16-30-28/h4-5,7,9-12,14-16H,6,8,13H2,1-3H3,(H,29,30,32). The molecule has 1 aliphatic heterocycles. The van der Waals surface area contributed by atoms with E-state index in [-0.39, 0.29) is 12.3 Å². The molecule has 0 saturated heterocycles. The first-order valence-electron chi connectivity index (χ1n) is 12.2. The van der Waals surface area contributed by atoms with Gasteiger partial charge >= 0.3 is 0 Å². The highest BCUT2D eigenvalue weighted by atomic mass is 16.5. The molecule has 3 aromatic heterocycles. The molecule has 0 radical (unpaired) electrons. The monoisotopic (exact) mass is 510 g/mol. The third-order valence-corrected chi connectivity index (χ3v) is 6.89. The van der Waals surface area contributed by atoms with Gasteiger partial charge in [0.15, 0.2) is 11.5 Å². The minimum atomic E-state index is 0.0284. The number of aryl methyl sites for hydroxylation is 1. The topological polar surface area (TPSA) is 108 Å². The van der Waals surface area contributed by atoms with Crippen LogP contribution in [0.5, 0.6) is 11.5 Å². The van der Waals surface area contributed by atoms with Crippen LogP contribution in [-0.2, 0) is 24.7 Å². The molecular weight excluding hydrogens is 484 g/mol. The first-order chi connectivity index (χ1) is 18.6. The Hall–Kier alpha value is -4.86. The molecule has 2 aromatic carbocycles. The second kappa shape index (κ2) is 9.55.